The Morgan fingerprint density at radius 1 is 0.800 bits per heavy atom. The number of benzene rings is 3. The van der Waals surface area contributed by atoms with E-state index >= 15 is 0 Å². The van der Waals surface area contributed by atoms with Gasteiger partial charge in [-0.25, -0.2) is 0 Å². The summed E-state index contributed by atoms with van der Waals surface area (Å²) in [5, 5.41) is 8.64. The number of aryl methyl sites for hydroxylation is 1. The van der Waals surface area contributed by atoms with E-state index in [-0.39, 0.29) is 20.1 Å². The molecule has 0 atom stereocenters. The number of hydrogen-bond donors (Lipinski definition) is 0. The molecule has 25 heavy (non-hydrogen) atoms. The van der Waals surface area contributed by atoms with Gasteiger partial charge in [0.15, 0.2) is 0 Å². The molecule has 0 amide bonds. The first-order chi connectivity index (χ1) is 11.8. The third-order valence-electron chi connectivity index (χ3n) is 3.99. The van der Waals surface area contributed by atoms with Gasteiger partial charge in [-0.05, 0) is 24.6 Å². The van der Waals surface area contributed by atoms with E-state index in [0.29, 0.717) is 0 Å². The molecule has 0 saturated carbocycles. The van der Waals surface area contributed by atoms with Crippen molar-refractivity contribution in [1.82, 2.24) is 14.8 Å². The van der Waals surface area contributed by atoms with Crippen molar-refractivity contribution < 1.29 is 20.1 Å². The molecule has 1 heterocycles. The molecule has 125 valence electrons. The van der Waals surface area contributed by atoms with E-state index in [4.69, 9.17) is 0 Å². The van der Waals surface area contributed by atoms with Gasteiger partial charge in [-0.3, -0.25) is 0 Å². The van der Waals surface area contributed by atoms with Crippen molar-refractivity contribution in [3.8, 4) is 28.2 Å². The molecule has 0 fully saturated rings. The van der Waals surface area contributed by atoms with Gasteiger partial charge in [0.2, 0.25) is 0 Å². The summed E-state index contributed by atoms with van der Waals surface area (Å²) < 4.78 is 2.06. The predicted molar refractivity (Wildman–Crippen MR) is 95.8 cm³/mol. The summed E-state index contributed by atoms with van der Waals surface area (Å²) in [5.74, 6) is 1.66. The largest absolute Gasteiger partial charge is 0.320 e. The molecule has 0 spiro atoms. The maximum atomic E-state index is 4.38. The van der Waals surface area contributed by atoms with Crippen molar-refractivity contribution in [3.63, 3.8) is 0 Å². The molecule has 0 unspecified atom stereocenters. The second kappa shape index (κ2) is 7.56. The van der Waals surface area contributed by atoms with Crippen molar-refractivity contribution in [1.29, 1.82) is 0 Å². The number of nitrogens with zero attached hydrogens (tertiary/aromatic N) is 3. The van der Waals surface area contributed by atoms with E-state index in [1.54, 1.807) is 0 Å². The third-order valence-corrected chi connectivity index (χ3v) is 3.99. The topological polar surface area (TPSA) is 30.7 Å². The molecular formula is C21H16IrN3-. The van der Waals surface area contributed by atoms with Crippen LogP contribution >= 0.6 is 0 Å². The normalized spacial score (nSPS) is 10.3. The maximum absolute atomic E-state index is 4.38. The average molecular weight is 503 g/mol. The molecular weight excluding hydrogens is 486 g/mol. The fourth-order valence-electron chi connectivity index (χ4n) is 2.83. The molecule has 1 aromatic heterocycles. The minimum absolute atomic E-state index is 0. The predicted octanol–water partition coefficient (Wildman–Crippen LogP) is 4.71. The van der Waals surface area contributed by atoms with E-state index in [1.807, 2.05) is 49.4 Å². The van der Waals surface area contributed by atoms with Crippen LogP contribution in [0, 0.1) is 13.0 Å². The Morgan fingerprint density at radius 2 is 1.48 bits per heavy atom. The van der Waals surface area contributed by atoms with Crippen molar-refractivity contribution >= 4 is 0 Å². The summed E-state index contributed by atoms with van der Waals surface area (Å²) in [6.45, 7) is 1.96. The molecule has 0 aliphatic carbocycles. The van der Waals surface area contributed by atoms with Gasteiger partial charge in [-0.15, -0.1) is 40.5 Å². The van der Waals surface area contributed by atoms with Gasteiger partial charge >= 0.3 is 0 Å². The Labute approximate surface area is 160 Å². The number of rotatable bonds is 3. The zero-order chi connectivity index (χ0) is 16.4. The fourth-order valence-corrected chi connectivity index (χ4v) is 2.83. The summed E-state index contributed by atoms with van der Waals surface area (Å²) in [6.07, 6.45) is 0. The van der Waals surface area contributed by atoms with Gasteiger partial charge in [0, 0.05) is 25.8 Å². The monoisotopic (exact) mass is 503 g/mol. The standard InChI is InChI=1S/C21H16N3.Ir/c1-16-22-23-21(24(16)20-13-6-3-7-14-20)19-12-8-11-18(15-19)17-9-4-2-5-10-17;/h2-11,13-15H,1H3;/q-1;. The molecule has 0 aliphatic heterocycles. The maximum Gasteiger partial charge on any atom is 0.125 e. The van der Waals surface area contributed by atoms with Crippen molar-refractivity contribution in [2.45, 2.75) is 6.92 Å². The van der Waals surface area contributed by atoms with Crippen LogP contribution in [-0.4, -0.2) is 14.8 Å². The van der Waals surface area contributed by atoms with Crippen LogP contribution in [0.15, 0.2) is 78.9 Å². The van der Waals surface area contributed by atoms with Gasteiger partial charge in [0.05, 0.1) is 5.82 Å². The minimum Gasteiger partial charge on any atom is -0.320 e. The summed E-state index contributed by atoms with van der Waals surface area (Å²) in [4.78, 5) is 0. The molecule has 0 bridgehead atoms. The molecule has 3 aromatic carbocycles. The van der Waals surface area contributed by atoms with Crippen LogP contribution in [0.25, 0.3) is 28.2 Å². The first-order valence-corrected chi connectivity index (χ1v) is 7.88. The van der Waals surface area contributed by atoms with Crippen LogP contribution in [0.3, 0.4) is 0 Å². The van der Waals surface area contributed by atoms with Gasteiger partial charge < -0.3 is 4.57 Å². The first kappa shape index (κ1) is 17.3. The van der Waals surface area contributed by atoms with Crippen molar-refractivity contribution in [2.24, 2.45) is 0 Å². The first-order valence-electron chi connectivity index (χ1n) is 7.88. The molecule has 4 aromatic rings. The van der Waals surface area contributed by atoms with E-state index < -0.39 is 0 Å². The zero-order valence-corrected chi connectivity index (χ0v) is 16.1. The van der Waals surface area contributed by atoms with E-state index in [2.05, 4.69) is 57.2 Å². The molecule has 4 heteroatoms. The van der Waals surface area contributed by atoms with Crippen LogP contribution in [0.1, 0.15) is 5.82 Å². The fraction of sp³-hybridized carbons (Fsp3) is 0.0476. The molecule has 0 aliphatic rings. The van der Waals surface area contributed by atoms with Crippen molar-refractivity contribution in [3.05, 3.63) is 90.8 Å². The Hall–Kier alpha value is -2.55. The number of hydrogen-bond acceptors (Lipinski definition) is 2. The van der Waals surface area contributed by atoms with Crippen LogP contribution in [0.2, 0.25) is 0 Å². The SMILES string of the molecule is Cc1nnc(-c2[c-]ccc(-c3ccccc3)c2)n1-c1ccccc1.[Ir]. The molecule has 1 radical (unpaired) electrons. The smallest absolute Gasteiger partial charge is 0.125 e. The quantitative estimate of drug-likeness (QED) is 0.380. The Bertz CT molecular complexity index is 963. The van der Waals surface area contributed by atoms with E-state index in [9.17, 15) is 0 Å². The second-order valence-electron chi connectivity index (χ2n) is 5.60. The second-order valence-corrected chi connectivity index (χ2v) is 5.60. The molecule has 0 saturated heterocycles. The van der Waals surface area contributed by atoms with Crippen molar-refractivity contribution in [2.75, 3.05) is 0 Å². The minimum atomic E-state index is 0. The zero-order valence-electron chi connectivity index (χ0n) is 13.7. The summed E-state index contributed by atoms with van der Waals surface area (Å²) in [5.41, 5.74) is 4.30. The van der Waals surface area contributed by atoms with Gasteiger partial charge in [0.25, 0.3) is 0 Å². The van der Waals surface area contributed by atoms with Gasteiger partial charge in [-0.2, -0.15) is 5.10 Å². The van der Waals surface area contributed by atoms with Gasteiger partial charge in [-0.1, -0.05) is 48.5 Å². The molecule has 3 nitrogen and oxygen atoms in total. The third kappa shape index (κ3) is 3.46. The van der Waals surface area contributed by atoms with Crippen LogP contribution < -0.4 is 0 Å². The molecule has 4 rings (SSSR count). The summed E-state index contributed by atoms with van der Waals surface area (Å²) in [6, 6.07) is 29.9. The van der Waals surface area contributed by atoms with Crippen LogP contribution in [0.5, 0.6) is 0 Å². The number of para-hydroxylation sites is 1. The Balaban J connectivity index is 0.00000182. The summed E-state index contributed by atoms with van der Waals surface area (Å²) >= 11 is 0. The van der Waals surface area contributed by atoms with E-state index in [1.165, 1.54) is 5.56 Å². The molecule has 0 N–H and O–H groups in total. The Morgan fingerprint density at radius 3 is 2.20 bits per heavy atom. The summed E-state index contributed by atoms with van der Waals surface area (Å²) in [7, 11) is 0. The number of aromatic nitrogens is 3. The van der Waals surface area contributed by atoms with Crippen LogP contribution in [-0.2, 0) is 20.1 Å². The van der Waals surface area contributed by atoms with Crippen LogP contribution in [0.4, 0.5) is 0 Å². The average Bonchev–Trinajstić information content (AvgIpc) is 3.05. The van der Waals surface area contributed by atoms with Gasteiger partial charge in [0.1, 0.15) is 5.82 Å². The van der Waals surface area contributed by atoms with E-state index in [0.717, 1.165) is 28.5 Å². The Kier molecular flexibility index (Phi) is 5.22.